The zero-order chi connectivity index (χ0) is 13.9. The second-order valence-electron chi connectivity index (χ2n) is 3.96. The lowest BCUT2D eigenvalue weighted by Crippen LogP contribution is -2.36. The molecule has 1 aromatic rings. The van der Waals surface area contributed by atoms with Gasteiger partial charge in [-0.3, -0.25) is 24.3 Å². The summed E-state index contributed by atoms with van der Waals surface area (Å²) in [6.07, 6.45) is 1.05. The first-order chi connectivity index (χ1) is 8.31. The number of nitrogens with one attached hydrogen (secondary N) is 1. The van der Waals surface area contributed by atoms with E-state index in [1.165, 1.54) is 0 Å². The van der Waals surface area contributed by atoms with Crippen LogP contribution in [0.4, 0.5) is 5.69 Å². The first kappa shape index (κ1) is 14.4. The van der Waals surface area contributed by atoms with E-state index in [9.17, 15) is 19.7 Å². The minimum absolute atomic E-state index is 0.0500. The highest BCUT2D eigenvalue weighted by molar-refractivity contribution is 9.10. The van der Waals surface area contributed by atoms with Gasteiger partial charge in [-0.25, -0.2) is 0 Å². The van der Waals surface area contributed by atoms with Crippen molar-refractivity contribution in [1.82, 2.24) is 9.88 Å². The fourth-order valence-electron chi connectivity index (χ4n) is 1.32. The Morgan fingerprint density at radius 2 is 2.22 bits per heavy atom. The van der Waals surface area contributed by atoms with Gasteiger partial charge in [0.2, 0.25) is 5.91 Å². The molecule has 98 valence electrons. The van der Waals surface area contributed by atoms with E-state index in [0.717, 1.165) is 16.8 Å². The Balaban J connectivity index is 3.05. The molecule has 7 nitrogen and oxygen atoms in total. The molecule has 0 saturated heterocycles. The SMILES string of the molecule is CC(C)NC(=O)Cn1cc([N+](=O)[O-])cc(Br)c1=O. The van der Waals surface area contributed by atoms with Crippen molar-refractivity contribution in [2.75, 3.05) is 0 Å². The third-order valence-corrected chi connectivity index (χ3v) is 2.57. The van der Waals surface area contributed by atoms with Gasteiger partial charge in [0.25, 0.3) is 11.2 Å². The van der Waals surface area contributed by atoms with Crippen molar-refractivity contribution >= 4 is 27.5 Å². The number of nitro groups is 1. The Labute approximate surface area is 111 Å². The largest absolute Gasteiger partial charge is 0.352 e. The fraction of sp³-hybridized carbons (Fsp3) is 0.400. The molecule has 1 amide bonds. The molecule has 1 rings (SSSR count). The van der Waals surface area contributed by atoms with Gasteiger partial charge < -0.3 is 5.32 Å². The molecule has 0 fully saturated rings. The summed E-state index contributed by atoms with van der Waals surface area (Å²) < 4.78 is 1.05. The Morgan fingerprint density at radius 1 is 1.61 bits per heavy atom. The molecule has 0 aliphatic carbocycles. The van der Waals surface area contributed by atoms with E-state index in [2.05, 4.69) is 21.2 Å². The van der Waals surface area contributed by atoms with Crippen LogP contribution in [0, 0.1) is 10.1 Å². The highest BCUT2D eigenvalue weighted by atomic mass is 79.9. The van der Waals surface area contributed by atoms with Crippen LogP contribution in [0.15, 0.2) is 21.5 Å². The summed E-state index contributed by atoms with van der Waals surface area (Å²) in [6.45, 7) is 3.31. The van der Waals surface area contributed by atoms with Gasteiger partial charge in [-0.15, -0.1) is 0 Å². The molecule has 1 N–H and O–H groups in total. The molecule has 0 aliphatic heterocycles. The van der Waals surface area contributed by atoms with Crippen molar-refractivity contribution in [2.24, 2.45) is 0 Å². The maximum Gasteiger partial charge on any atom is 0.286 e. The van der Waals surface area contributed by atoms with Gasteiger partial charge >= 0.3 is 0 Å². The summed E-state index contributed by atoms with van der Waals surface area (Å²) in [6, 6.07) is 1.05. The molecule has 0 radical (unpaired) electrons. The molecular weight excluding hydrogens is 306 g/mol. The number of hydrogen-bond acceptors (Lipinski definition) is 4. The summed E-state index contributed by atoms with van der Waals surface area (Å²) >= 11 is 2.94. The fourth-order valence-corrected chi connectivity index (χ4v) is 1.79. The molecule has 0 atom stereocenters. The zero-order valence-electron chi connectivity index (χ0n) is 9.84. The Hall–Kier alpha value is -1.70. The van der Waals surface area contributed by atoms with Gasteiger partial charge in [0.05, 0.1) is 15.6 Å². The van der Waals surface area contributed by atoms with Crippen LogP contribution in [-0.2, 0) is 11.3 Å². The molecule has 0 unspecified atom stereocenters. The third kappa shape index (κ3) is 3.66. The molecule has 18 heavy (non-hydrogen) atoms. The number of hydrogen-bond donors (Lipinski definition) is 1. The van der Waals surface area contributed by atoms with E-state index >= 15 is 0 Å². The number of carbonyl (C=O) groups is 1. The highest BCUT2D eigenvalue weighted by Gasteiger charge is 2.14. The number of amides is 1. The van der Waals surface area contributed by atoms with E-state index in [-0.39, 0.29) is 28.7 Å². The van der Waals surface area contributed by atoms with Gasteiger partial charge in [0.15, 0.2) is 0 Å². The number of halogens is 1. The smallest absolute Gasteiger partial charge is 0.286 e. The second kappa shape index (κ2) is 5.76. The van der Waals surface area contributed by atoms with E-state index in [1.54, 1.807) is 13.8 Å². The predicted molar refractivity (Wildman–Crippen MR) is 68.3 cm³/mol. The van der Waals surface area contributed by atoms with Gasteiger partial charge in [0, 0.05) is 12.1 Å². The van der Waals surface area contributed by atoms with Gasteiger partial charge in [-0.05, 0) is 29.8 Å². The molecular formula is C10H12BrN3O4. The minimum atomic E-state index is -0.624. The monoisotopic (exact) mass is 317 g/mol. The lowest BCUT2D eigenvalue weighted by atomic mass is 10.3. The van der Waals surface area contributed by atoms with Crippen molar-refractivity contribution in [2.45, 2.75) is 26.4 Å². The summed E-state index contributed by atoms with van der Waals surface area (Å²) in [7, 11) is 0. The number of rotatable bonds is 4. The molecule has 0 bridgehead atoms. The lowest BCUT2D eigenvalue weighted by Gasteiger charge is -2.09. The molecule has 1 aromatic heterocycles. The number of nitrogens with zero attached hydrogens (tertiary/aromatic N) is 2. The normalized spacial score (nSPS) is 10.4. The van der Waals surface area contributed by atoms with Crippen LogP contribution in [0.5, 0.6) is 0 Å². The van der Waals surface area contributed by atoms with Crippen molar-refractivity contribution < 1.29 is 9.72 Å². The van der Waals surface area contributed by atoms with Crippen LogP contribution in [0.25, 0.3) is 0 Å². The summed E-state index contributed by atoms with van der Waals surface area (Å²) in [5.41, 5.74) is -0.738. The lowest BCUT2D eigenvalue weighted by molar-refractivity contribution is -0.385. The van der Waals surface area contributed by atoms with Crippen LogP contribution >= 0.6 is 15.9 Å². The Bertz CT molecular complexity index is 538. The molecule has 0 saturated carbocycles. The second-order valence-corrected chi connectivity index (χ2v) is 4.81. The first-order valence-corrected chi connectivity index (χ1v) is 5.94. The highest BCUT2D eigenvalue weighted by Crippen LogP contribution is 2.13. The maximum atomic E-state index is 11.7. The average Bonchev–Trinajstić information content (AvgIpc) is 2.22. The van der Waals surface area contributed by atoms with E-state index in [4.69, 9.17) is 0 Å². The third-order valence-electron chi connectivity index (χ3n) is 2.00. The van der Waals surface area contributed by atoms with Gasteiger partial charge in [-0.2, -0.15) is 0 Å². The minimum Gasteiger partial charge on any atom is -0.352 e. The zero-order valence-corrected chi connectivity index (χ0v) is 11.4. The summed E-state index contributed by atoms with van der Waals surface area (Å²) in [4.78, 5) is 33.2. The standard InChI is InChI=1S/C10H12BrN3O4/c1-6(2)12-9(15)5-13-4-7(14(17)18)3-8(11)10(13)16/h3-4,6H,5H2,1-2H3,(H,12,15). The molecule has 1 heterocycles. The van der Waals surface area contributed by atoms with Crippen LogP contribution in [0.1, 0.15) is 13.8 Å². The Kier molecular flexibility index (Phi) is 4.60. The Morgan fingerprint density at radius 3 is 2.72 bits per heavy atom. The molecule has 0 spiro atoms. The quantitative estimate of drug-likeness (QED) is 0.663. The average molecular weight is 318 g/mol. The number of carbonyl (C=O) groups excluding carboxylic acids is 1. The van der Waals surface area contributed by atoms with E-state index in [0.29, 0.717) is 0 Å². The van der Waals surface area contributed by atoms with Crippen LogP contribution in [0.3, 0.4) is 0 Å². The van der Waals surface area contributed by atoms with E-state index in [1.807, 2.05) is 0 Å². The van der Waals surface area contributed by atoms with Crippen molar-refractivity contribution in [3.8, 4) is 0 Å². The van der Waals surface area contributed by atoms with Gasteiger partial charge in [-0.1, -0.05) is 0 Å². The number of aromatic nitrogens is 1. The van der Waals surface area contributed by atoms with Crippen molar-refractivity contribution in [3.05, 3.63) is 37.2 Å². The first-order valence-electron chi connectivity index (χ1n) is 5.15. The van der Waals surface area contributed by atoms with Crippen LogP contribution < -0.4 is 10.9 Å². The summed E-state index contributed by atoms with van der Waals surface area (Å²) in [5.74, 6) is -0.375. The number of pyridine rings is 1. The predicted octanol–water partition coefficient (Wildman–Crippen LogP) is 1.04. The van der Waals surface area contributed by atoms with E-state index < -0.39 is 10.5 Å². The molecule has 0 aromatic carbocycles. The molecule has 8 heteroatoms. The summed E-state index contributed by atoms with van der Waals surface area (Å²) in [5, 5.41) is 13.3. The molecule has 0 aliphatic rings. The topological polar surface area (TPSA) is 94.2 Å². The maximum absolute atomic E-state index is 11.7. The van der Waals surface area contributed by atoms with Crippen LogP contribution in [0.2, 0.25) is 0 Å². The van der Waals surface area contributed by atoms with Crippen molar-refractivity contribution in [1.29, 1.82) is 0 Å². The van der Waals surface area contributed by atoms with Crippen molar-refractivity contribution in [3.63, 3.8) is 0 Å². The van der Waals surface area contributed by atoms with Crippen LogP contribution in [-0.4, -0.2) is 21.4 Å². The van der Waals surface area contributed by atoms with Gasteiger partial charge in [0.1, 0.15) is 6.54 Å².